The maximum absolute atomic E-state index is 12.8. The third kappa shape index (κ3) is 2.47. The normalized spacial score (nSPS) is 22.6. The lowest BCUT2D eigenvalue weighted by Gasteiger charge is -2.51. The molecule has 5 nitrogen and oxygen atoms in total. The van der Waals surface area contributed by atoms with E-state index in [1.165, 1.54) is 12.1 Å². The predicted octanol–water partition coefficient (Wildman–Crippen LogP) is 2.28. The van der Waals surface area contributed by atoms with Crippen molar-refractivity contribution in [3.63, 3.8) is 0 Å². The molecule has 0 bridgehead atoms. The average Bonchev–Trinajstić information content (AvgIpc) is 2.41. The Hall–Kier alpha value is -0.980. The number of benzene rings is 1. The summed E-state index contributed by atoms with van der Waals surface area (Å²) in [5, 5.41) is 9.59. The van der Waals surface area contributed by atoms with Gasteiger partial charge in [-0.05, 0) is 63.4 Å². The highest BCUT2D eigenvalue weighted by molar-refractivity contribution is 7.92. The van der Waals surface area contributed by atoms with Gasteiger partial charge in [0.1, 0.15) is 4.90 Å². The number of hydrogen-bond acceptors (Lipinski definition) is 5. The Labute approximate surface area is 136 Å². The maximum atomic E-state index is 12.8. The molecule has 0 amide bonds. The van der Waals surface area contributed by atoms with Crippen LogP contribution in [-0.4, -0.2) is 43.8 Å². The summed E-state index contributed by atoms with van der Waals surface area (Å²) in [6.07, 6.45) is 3.36. The van der Waals surface area contributed by atoms with E-state index in [2.05, 4.69) is 11.9 Å². The lowest BCUT2D eigenvalue weighted by molar-refractivity contribution is 0.0464. The lowest BCUT2D eigenvalue weighted by Crippen LogP contribution is -2.50. The van der Waals surface area contributed by atoms with Crippen LogP contribution in [-0.2, 0) is 9.84 Å². The molecule has 1 aliphatic heterocycles. The van der Waals surface area contributed by atoms with Crippen LogP contribution < -0.4 is 5.73 Å². The first-order valence-electron chi connectivity index (χ1n) is 7.45. The van der Waals surface area contributed by atoms with Crippen molar-refractivity contribution in [2.75, 3.05) is 25.9 Å². The Kier molecular flexibility index (Phi) is 3.82. The van der Waals surface area contributed by atoms with Crippen LogP contribution in [0.5, 0.6) is 5.75 Å². The number of halogens is 1. The summed E-state index contributed by atoms with van der Waals surface area (Å²) in [6.45, 7) is 2.02. The van der Waals surface area contributed by atoms with Gasteiger partial charge >= 0.3 is 0 Å². The van der Waals surface area contributed by atoms with Gasteiger partial charge in [0.15, 0.2) is 15.6 Å². The molecular formula is C15H21ClN2O3S. The second kappa shape index (κ2) is 5.28. The largest absolute Gasteiger partial charge is 0.504 e. The van der Waals surface area contributed by atoms with Gasteiger partial charge in [-0.1, -0.05) is 11.6 Å². The zero-order valence-electron chi connectivity index (χ0n) is 12.5. The molecule has 1 saturated carbocycles. The van der Waals surface area contributed by atoms with Crippen molar-refractivity contribution in [2.24, 2.45) is 5.41 Å². The lowest BCUT2D eigenvalue weighted by atomic mass is 9.63. The van der Waals surface area contributed by atoms with Gasteiger partial charge in [-0.2, -0.15) is 0 Å². The Morgan fingerprint density at radius 1 is 1.32 bits per heavy atom. The molecule has 2 fully saturated rings. The van der Waals surface area contributed by atoms with E-state index in [0.717, 1.165) is 25.9 Å². The average molecular weight is 345 g/mol. The minimum Gasteiger partial charge on any atom is -0.504 e. The molecule has 2 aliphatic rings. The fraction of sp³-hybridized carbons (Fsp3) is 0.600. The first kappa shape index (κ1) is 15.9. The second-order valence-corrected chi connectivity index (χ2v) is 9.27. The fourth-order valence-electron chi connectivity index (χ4n) is 3.63. The number of piperidine rings is 1. The van der Waals surface area contributed by atoms with E-state index in [4.69, 9.17) is 17.3 Å². The summed E-state index contributed by atoms with van der Waals surface area (Å²) >= 11 is 6.01. The van der Waals surface area contributed by atoms with E-state index in [0.29, 0.717) is 12.8 Å². The van der Waals surface area contributed by atoms with Gasteiger partial charge in [-0.15, -0.1) is 0 Å². The molecule has 0 radical (unpaired) electrons. The highest BCUT2D eigenvalue weighted by atomic mass is 35.5. The third-order valence-corrected chi connectivity index (χ3v) is 7.83. The molecule has 0 unspecified atom stereocenters. The summed E-state index contributed by atoms with van der Waals surface area (Å²) < 4.78 is 25.6. The van der Waals surface area contributed by atoms with Crippen LogP contribution in [0.15, 0.2) is 17.0 Å². The van der Waals surface area contributed by atoms with Crippen LogP contribution in [0.25, 0.3) is 0 Å². The monoisotopic (exact) mass is 344 g/mol. The van der Waals surface area contributed by atoms with Gasteiger partial charge in [-0.3, -0.25) is 0 Å². The van der Waals surface area contributed by atoms with Crippen LogP contribution in [0.2, 0.25) is 5.02 Å². The molecule has 22 heavy (non-hydrogen) atoms. The number of nitrogens with zero attached hydrogens (tertiary/aromatic N) is 1. The van der Waals surface area contributed by atoms with E-state index < -0.39 is 20.8 Å². The number of nitrogens with two attached hydrogens (primary N) is 1. The molecule has 0 atom stereocenters. The van der Waals surface area contributed by atoms with Gasteiger partial charge in [0.2, 0.25) is 0 Å². The van der Waals surface area contributed by atoms with Crippen molar-refractivity contribution in [2.45, 2.75) is 35.8 Å². The SMILES string of the molecule is CN1CCC2(CC1)CC(S(=O)(=O)c1c(Cl)ccc(N)c1O)C2. The zero-order valence-corrected chi connectivity index (χ0v) is 14.1. The molecule has 122 valence electrons. The van der Waals surface area contributed by atoms with Crippen molar-refractivity contribution in [3.8, 4) is 5.75 Å². The molecule has 1 aliphatic carbocycles. The number of phenolic OH excluding ortho intramolecular Hbond substituents is 1. The van der Waals surface area contributed by atoms with Crippen molar-refractivity contribution in [3.05, 3.63) is 17.2 Å². The molecule has 3 N–H and O–H groups in total. The number of likely N-dealkylation sites (tertiary alicyclic amines) is 1. The van der Waals surface area contributed by atoms with Crippen molar-refractivity contribution in [1.29, 1.82) is 0 Å². The maximum Gasteiger partial charge on any atom is 0.186 e. The second-order valence-electron chi connectivity index (χ2n) is 6.69. The van der Waals surface area contributed by atoms with Crippen LogP contribution in [0.3, 0.4) is 0 Å². The summed E-state index contributed by atoms with van der Waals surface area (Å²) in [5.41, 5.74) is 5.80. The Morgan fingerprint density at radius 2 is 1.91 bits per heavy atom. The van der Waals surface area contributed by atoms with Crippen molar-refractivity contribution >= 4 is 27.1 Å². The van der Waals surface area contributed by atoms with Gasteiger partial charge in [-0.25, -0.2) is 8.42 Å². The summed E-state index contributed by atoms with van der Waals surface area (Å²) in [5.74, 6) is -0.420. The van der Waals surface area contributed by atoms with Gasteiger partial charge < -0.3 is 15.7 Å². The van der Waals surface area contributed by atoms with E-state index in [9.17, 15) is 13.5 Å². The first-order chi connectivity index (χ1) is 10.3. The number of hydrogen-bond donors (Lipinski definition) is 2. The van der Waals surface area contributed by atoms with E-state index >= 15 is 0 Å². The topological polar surface area (TPSA) is 83.6 Å². The minimum atomic E-state index is -3.65. The minimum absolute atomic E-state index is 0.0380. The van der Waals surface area contributed by atoms with E-state index in [1.807, 2.05) is 0 Å². The third-order valence-electron chi connectivity index (χ3n) is 5.21. The smallest absolute Gasteiger partial charge is 0.186 e. The van der Waals surface area contributed by atoms with Gasteiger partial charge in [0.05, 0.1) is 16.0 Å². The first-order valence-corrected chi connectivity index (χ1v) is 9.37. The molecule has 1 aromatic carbocycles. The predicted molar refractivity (Wildman–Crippen MR) is 86.9 cm³/mol. The Balaban J connectivity index is 1.83. The van der Waals surface area contributed by atoms with Crippen molar-refractivity contribution in [1.82, 2.24) is 4.90 Å². The van der Waals surface area contributed by atoms with Gasteiger partial charge in [0.25, 0.3) is 0 Å². The molecule has 0 aromatic heterocycles. The summed E-state index contributed by atoms with van der Waals surface area (Å²) in [7, 11) is -1.56. The quantitative estimate of drug-likeness (QED) is 0.635. The highest BCUT2D eigenvalue weighted by Gasteiger charge is 2.51. The van der Waals surface area contributed by atoms with E-state index in [-0.39, 0.29) is 21.0 Å². The van der Waals surface area contributed by atoms with Gasteiger partial charge in [0, 0.05) is 0 Å². The highest BCUT2D eigenvalue weighted by Crippen LogP contribution is 2.54. The summed E-state index contributed by atoms with van der Waals surface area (Å²) in [6, 6.07) is 2.84. The number of anilines is 1. The van der Waals surface area contributed by atoms with E-state index in [1.54, 1.807) is 0 Å². The zero-order chi connectivity index (χ0) is 16.1. The molecule has 1 heterocycles. The molecular weight excluding hydrogens is 324 g/mol. The standard InChI is InChI=1S/C15H21ClN2O3S/c1-18-6-4-15(5-7-18)8-10(9-15)22(20,21)14-11(16)2-3-12(17)13(14)19/h2-3,10,19H,4-9,17H2,1H3. The van der Waals surface area contributed by atoms with Crippen LogP contribution in [0.1, 0.15) is 25.7 Å². The Morgan fingerprint density at radius 3 is 2.50 bits per heavy atom. The Bertz CT molecular complexity index is 689. The van der Waals surface area contributed by atoms with Crippen LogP contribution in [0, 0.1) is 5.41 Å². The summed E-state index contributed by atoms with van der Waals surface area (Å²) in [4.78, 5) is 2.06. The number of phenols is 1. The molecule has 1 aromatic rings. The van der Waals surface area contributed by atoms with Crippen molar-refractivity contribution < 1.29 is 13.5 Å². The number of sulfone groups is 1. The molecule has 1 spiro atoms. The molecule has 3 rings (SSSR count). The number of nitrogen functional groups attached to an aromatic ring is 1. The number of rotatable bonds is 2. The van der Waals surface area contributed by atoms with Crippen LogP contribution in [0.4, 0.5) is 5.69 Å². The fourth-order valence-corrected chi connectivity index (χ4v) is 6.31. The molecule has 1 saturated heterocycles. The molecule has 7 heteroatoms. The van der Waals surface area contributed by atoms with Crippen LogP contribution >= 0.6 is 11.6 Å². The number of aromatic hydroxyl groups is 1.